The molecule has 0 bridgehead atoms. The van der Waals surface area contributed by atoms with Crippen molar-refractivity contribution in [2.45, 2.75) is 38.6 Å². The fourth-order valence-corrected chi connectivity index (χ4v) is 3.24. The standard InChI is InChI=1S/C14H21NO5S/c1-5-20-12-7-6-11(8-10(12)4)21(18,19)15-13(9(2)3)14(16)17/h6-9,13,15H,5H2,1-4H3,(H,16,17). The summed E-state index contributed by atoms with van der Waals surface area (Å²) in [6.07, 6.45) is 0. The van der Waals surface area contributed by atoms with Crippen molar-refractivity contribution in [1.29, 1.82) is 0 Å². The van der Waals surface area contributed by atoms with Gasteiger partial charge in [0.25, 0.3) is 0 Å². The zero-order chi connectivity index (χ0) is 16.2. The zero-order valence-electron chi connectivity index (χ0n) is 12.6. The average molecular weight is 315 g/mol. The van der Waals surface area contributed by atoms with Crippen LogP contribution in [0.15, 0.2) is 23.1 Å². The van der Waals surface area contributed by atoms with Gasteiger partial charge in [-0.25, -0.2) is 8.42 Å². The molecule has 0 aliphatic carbocycles. The number of nitrogens with one attached hydrogen (secondary N) is 1. The highest BCUT2D eigenvalue weighted by Crippen LogP contribution is 2.22. The summed E-state index contributed by atoms with van der Waals surface area (Å²) in [5, 5.41) is 9.08. The Hall–Kier alpha value is -1.60. The van der Waals surface area contributed by atoms with Crippen LogP contribution in [0.4, 0.5) is 0 Å². The van der Waals surface area contributed by atoms with Gasteiger partial charge in [-0.1, -0.05) is 13.8 Å². The average Bonchev–Trinajstić information content (AvgIpc) is 2.38. The summed E-state index contributed by atoms with van der Waals surface area (Å²) in [4.78, 5) is 11.1. The molecular formula is C14H21NO5S. The van der Waals surface area contributed by atoms with E-state index in [0.717, 1.165) is 0 Å². The fourth-order valence-electron chi connectivity index (χ4n) is 1.81. The number of aryl methyl sites for hydroxylation is 1. The number of aliphatic carboxylic acids is 1. The third-order valence-corrected chi connectivity index (χ3v) is 4.41. The van der Waals surface area contributed by atoms with E-state index >= 15 is 0 Å². The first-order chi connectivity index (χ1) is 9.69. The molecule has 0 fully saturated rings. The molecule has 0 aliphatic rings. The molecule has 0 heterocycles. The number of benzene rings is 1. The lowest BCUT2D eigenvalue weighted by Crippen LogP contribution is -2.44. The van der Waals surface area contributed by atoms with Crippen molar-refractivity contribution in [3.8, 4) is 5.75 Å². The molecule has 0 radical (unpaired) electrons. The molecular weight excluding hydrogens is 294 g/mol. The molecule has 1 aromatic carbocycles. The SMILES string of the molecule is CCOc1ccc(S(=O)(=O)NC(C(=O)O)C(C)C)cc1C. The van der Waals surface area contributed by atoms with Gasteiger partial charge >= 0.3 is 5.97 Å². The molecule has 0 saturated carbocycles. The van der Waals surface area contributed by atoms with Gasteiger partial charge in [-0.3, -0.25) is 4.79 Å². The quantitative estimate of drug-likeness (QED) is 0.800. The van der Waals surface area contributed by atoms with Crippen LogP contribution < -0.4 is 9.46 Å². The van der Waals surface area contributed by atoms with Gasteiger partial charge in [0.05, 0.1) is 11.5 Å². The smallest absolute Gasteiger partial charge is 0.322 e. The van der Waals surface area contributed by atoms with E-state index in [4.69, 9.17) is 9.84 Å². The highest BCUT2D eigenvalue weighted by Gasteiger charge is 2.28. The zero-order valence-corrected chi connectivity index (χ0v) is 13.4. The van der Waals surface area contributed by atoms with Crippen molar-refractivity contribution >= 4 is 16.0 Å². The van der Waals surface area contributed by atoms with Gasteiger partial charge in [-0.2, -0.15) is 4.72 Å². The molecule has 118 valence electrons. The lowest BCUT2D eigenvalue weighted by Gasteiger charge is -2.18. The lowest BCUT2D eigenvalue weighted by molar-refractivity contribution is -0.140. The van der Waals surface area contributed by atoms with E-state index in [9.17, 15) is 13.2 Å². The summed E-state index contributed by atoms with van der Waals surface area (Å²) >= 11 is 0. The van der Waals surface area contributed by atoms with Crippen molar-refractivity contribution in [2.24, 2.45) is 5.92 Å². The fraction of sp³-hybridized carbons (Fsp3) is 0.500. The molecule has 1 rings (SSSR count). The number of rotatable bonds is 7. The van der Waals surface area contributed by atoms with Crippen molar-refractivity contribution in [1.82, 2.24) is 4.72 Å². The number of hydrogen-bond acceptors (Lipinski definition) is 4. The summed E-state index contributed by atoms with van der Waals surface area (Å²) in [6.45, 7) is 7.35. The van der Waals surface area contributed by atoms with Crippen LogP contribution in [-0.4, -0.2) is 32.1 Å². The van der Waals surface area contributed by atoms with Crippen LogP contribution in [0.2, 0.25) is 0 Å². The lowest BCUT2D eigenvalue weighted by atomic mass is 10.1. The molecule has 7 heteroatoms. The minimum Gasteiger partial charge on any atom is -0.494 e. The van der Waals surface area contributed by atoms with Crippen molar-refractivity contribution in [3.63, 3.8) is 0 Å². The predicted molar refractivity (Wildman–Crippen MR) is 78.9 cm³/mol. The number of carboxylic acid groups (broad SMARTS) is 1. The van der Waals surface area contributed by atoms with Crippen LogP contribution >= 0.6 is 0 Å². The summed E-state index contributed by atoms with van der Waals surface area (Å²) in [6, 6.07) is 3.27. The molecule has 6 nitrogen and oxygen atoms in total. The van der Waals surface area contributed by atoms with Crippen LogP contribution in [0.5, 0.6) is 5.75 Å². The Morgan fingerprint density at radius 1 is 1.38 bits per heavy atom. The maximum Gasteiger partial charge on any atom is 0.322 e. The highest BCUT2D eigenvalue weighted by molar-refractivity contribution is 7.89. The summed E-state index contributed by atoms with van der Waals surface area (Å²) in [7, 11) is -3.89. The van der Waals surface area contributed by atoms with Gasteiger partial charge in [0, 0.05) is 0 Å². The van der Waals surface area contributed by atoms with E-state index in [1.807, 2.05) is 6.92 Å². The van der Waals surface area contributed by atoms with Crippen LogP contribution in [0, 0.1) is 12.8 Å². The Labute approximate surface area is 125 Å². The second-order valence-electron chi connectivity index (χ2n) is 5.04. The van der Waals surface area contributed by atoms with E-state index in [2.05, 4.69) is 4.72 Å². The Morgan fingerprint density at radius 3 is 2.43 bits per heavy atom. The van der Waals surface area contributed by atoms with E-state index < -0.39 is 22.0 Å². The molecule has 21 heavy (non-hydrogen) atoms. The Balaban J connectivity index is 3.08. The van der Waals surface area contributed by atoms with Crippen molar-refractivity contribution < 1.29 is 23.1 Å². The van der Waals surface area contributed by atoms with E-state index in [1.54, 1.807) is 26.8 Å². The van der Waals surface area contributed by atoms with E-state index in [0.29, 0.717) is 17.9 Å². The highest BCUT2D eigenvalue weighted by atomic mass is 32.2. The van der Waals surface area contributed by atoms with Gasteiger partial charge in [0.15, 0.2) is 0 Å². The molecule has 1 atom stereocenters. The van der Waals surface area contributed by atoms with Gasteiger partial charge in [0.2, 0.25) is 10.0 Å². The molecule has 0 spiro atoms. The molecule has 0 saturated heterocycles. The Morgan fingerprint density at radius 2 is 2.00 bits per heavy atom. The first kappa shape index (κ1) is 17.5. The number of sulfonamides is 1. The third kappa shape index (κ3) is 4.44. The molecule has 1 aromatic rings. The van der Waals surface area contributed by atoms with Crippen molar-refractivity contribution in [3.05, 3.63) is 23.8 Å². The molecule has 0 amide bonds. The van der Waals surface area contributed by atoms with Crippen LogP contribution in [0.1, 0.15) is 26.3 Å². The monoisotopic (exact) mass is 315 g/mol. The van der Waals surface area contributed by atoms with Crippen molar-refractivity contribution in [2.75, 3.05) is 6.61 Å². The second kappa shape index (κ2) is 6.91. The maximum absolute atomic E-state index is 12.3. The summed E-state index contributed by atoms with van der Waals surface area (Å²) in [5.41, 5.74) is 0.677. The van der Waals surface area contributed by atoms with E-state index in [1.165, 1.54) is 12.1 Å². The minimum atomic E-state index is -3.89. The van der Waals surface area contributed by atoms with Gasteiger partial charge in [-0.05, 0) is 43.5 Å². The van der Waals surface area contributed by atoms with Gasteiger partial charge < -0.3 is 9.84 Å². The number of carbonyl (C=O) groups is 1. The molecule has 0 aliphatic heterocycles. The normalized spacial score (nSPS) is 13.2. The Kier molecular flexibility index (Phi) is 5.74. The predicted octanol–water partition coefficient (Wildman–Crippen LogP) is 1.78. The summed E-state index contributed by atoms with van der Waals surface area (Å²) < 4.78 is 32.1. The minimum absolute atomic E-state index is 0.0235. The first-order valence-electron chi connectivity index (χ1n) is 6.67. The second-order valence-corrected chi connectivity index (χ2v) is 6.76. The third-order valence-electron chi connectivity index (χ3n) is 2.97. The van der Waals surface area contributed by atoms with E-state index in [-0.39, 0.29) is 10.8 Å². The molecule has 1 unspecified atom stereocenters. The topological polar surface area (TPSA) is 92.7 Å². The van der Waals surface area contributed by atoms with Crippen LogP contribution in [0.25, 0.3) is 0 Å². The molecule has 0 aromatic heterocycles. The number of ether oxygens (including phenoxy) is 1. The van der Waals surface area contributed by atoms with Gasteiger partial charge in [-0.15, -0.1) is 0 Å². The van der Waals surface area contributed by atoms with Gasteiger partial charge in [0.1, 0.15) is 11.8 Å². The first-order valence-corrected chi connectivity index (χ1v) is 8.16. The number of hydrogen-bond donors (Lipinski definition) is 2. The number of carboxylic acids is 1. The maximum atomic E-state index is 12.3. The van der Waals surface area contributed by atoms with Crippen LogP contribution in [-0.2, 0) is 14.8 Å². The molecule has 2 N–H and O–H groups in total. The van der Waals surface area contributed by atoms with Crippen LogP contribution in [0.3, 0.4) is 0 Å². The Bertz CT molecular complexity index is 610. The summed E-state index contributed by atoms with van der Waals surface area (Å²) in [5.74, 6) is -0.951. The largest absolute Gasteiger partial charge is 0.494 e.